The van der Waals surface area contributed by atoms with Gasteiger partial charge >= 0.3 is 17.9 Å². The molecule has 12 N–H and O–H groups in total. The number of nitrogens with one attached hydrogen (secondary N) is 3. The quantitative estimate of drug-likeness (QED) is 0.0381. The zero-order valence-corrected chi connectivity index (χ0v) is 19.6. The number of thiol groups is 1. The number of aliphatic carboxylic acids is 3. The third-order valence-electron chi connectivity index (χ3n) is 4.38. The zero-order chi connectivity index (χ0) is 27.1. The average molecular weight is 522 g/mol. The van der Waals surface area contributed by atoms with Gasteiger partial charge in [0, 0.05) is 18.7 Å². The van der Waals surface area contributed by atoms with Gasteiger partial charge < -0.3 is 48.5 Å². The van der Waals surface area contributed by atoms with Crippen LogP contribution in [-0.4, -0.2) is 93.4 Å². The third-order valence-corrected chi connectivity index (χ3v) is 4.78. The van der Waals surface area contributed by atoms with Gasteiger partial charge in [0.15, 0.2) is 5.96 Å². The van der Waals surface area contributed by atoms with E-state index in [1.807, 2.05) is 0 Å². The number of guanidine groups is 1. The van der Waals surface area contributed by atoms with E-state index in [0.29, 0.717) is 0 Å². The van der Waals surface area contributed by atoms with E-state index in [2.05, 4.69) is 33.6 Å². The molecule has 0 aromatic carbocycles. The fraction of sp³-hybridized carbons (Fsp3) is 0.611. The van der Waals surface area contributed by atoms with Crippen molar-refractivity contribution in [1.82, 2.24) is 16.0 Å². The van der Waals surface area contributed by atoms with Crippen molar-refractivity contribution in [3.05, 3.63) is 0 Å². The van der Waals surface area contributed by atoms with E-state index in [4.69, 9.17) is 27.4 Å². The van der Waals surface area contributed by atoms with Gasteiger partial charge in [-0.3, -0.25) is 29.0 Å². The first kappa shape index (κ1) is 31.4. The molecule has 0 radical (unpaired) electrons. The van der Waals surface area contributed by atoms with Crippen LogP contribution in [0.1, 0.15) is 32.1 Å². The van der Waals surface area contributed by atoms with Crippen LogP contribution < -0.4 is 33.2 Å². The fourth-order valence-corrected chi connectivity index (χ4v) is 2.75. The molecule has 198 valence electrons. The number of aliphatic imine (C=N–C) groups is 1. The summed E-state index contributed by atoms with van der Waals surface area (Å²) in [5.74, 6) is -7.40. The lowest BCUT2D eigenvalue weighted by molar-refractivity contribution is -0.144. The molecule has 16 nitrogen and oxygen atoms in total. The van der Waals surface area contributed by atoms with E-state index >= 15 is 0 Å². The molecule has 4 atom stereocenters. The summed E-state index contributed by atoms with van der Waals surface area (Å²) < 4.78 is 0. The van der Waals surface area contributed by atoms with Gasteiger partial charge in [-0.05, 0) is 19.3 Å². The van der Waals surface area contributed by atoms with E-state index < -0.39 is 79.1 Å². The lowest BCUT2D eigenvalue weighted by Crippen LogP contribution is -2.57. The highest BCUT2D eigenvalue weighted by molar-refractivity contribution is 7.80. The maximum atomic E-state index is 12.7. The Morgan fingerprint density at radius 1 is 0.800 bits per heavy atom. The van der Waals surface area contributed by atoms with E-state index in [0.717, 1.165) is 0 Å². The predicted octanol–water partition coefficient (Wildman–Crippen LogP) is -3.82. The summed E-state index contributed by atoms with van der Waals surface area (Å²) in [5.41, 5.74) is 16.0. The second kappa shape index (κ2) is 16.1. The number of hydrogen-bond donors (Lipinski definition) is 10. The molecule has 0 aliphatic rings. The van der Waals surface area contributed by atoms with Crippen molar-refractivity contribution in [2.45, 2.75) is 56.3 Å². The number of amides is 3. The zero-order valence-electron chi connectivity index (χ0n) is 18.7. The lowest BCUT2D eigenvalue weighted by Gasteiger charge is -2.24. The molecule has 0 saturated heterocycles. The minimum Gasteiger partial charge on any atom is -0.481 e. The molecule has 0 spiro atoms. The largest absolute Gasteiger partial charge is 0.481 e. The Hall–Kier alpha value is -3.60. The monoisotopic (exact) mass is 521 g/mol. The Morgan fingerprint density at radius 3 is 1.83 bits per heavy atom. The number of nitrogens with zero attached hydrogens (tertiary/aromatic N) is 1. The standard InChI is InChI=1S/C18H31N7O9S/c19-8(7-35)14(30)25-11(6-13(28)29)16(32)23-9(2-1-5-22-18(20)21)15(31)24-10(17(33)34)3-4-12(26)27/h8-11,35H,1-7,19H2,(H,23,32)(H,24,31)(H,25,30)(H,26,27)(H,28,29)(H,33,34)(H4,20,21,22). The van der Waals surface area contributed by atoms with Crippen LogP contribution in [-0.2, 0) is 28.8 Å². The molecular weight excluding hydrogens is 490 g/mol. The Balaban J connectivity index is 5.63. The van der Waals surface area contributed by atoms with E-state index in [-0.39, 0.29) is 31.1 Å². The molecule has 0 aromatic heterocycles. The first-order valence-electron chi connectivity index (χ1n) is 10.3. The summed E-state index contributed by atoms with van der Waals surface area (Å²) in [6, 6.07) is -5.71. The van der Waals surface area contributed by atoms with E-state index in [1.165, 1.54) is 0 Å². The van der Waals surface area contributed by atoms with Gasteiger partial charge in [0.2, 0.25) is 17.7 Å². The summed E-state index contributed by atoms with van der Waals surface area (Å²) in [4.78, 5) is 74.5. The van der Waals surface area contributed by atoms with Crippen LogP contribution in [0, 0.1) is 0 Å². The van der Waals surface area contributed by atoms with Gasteiger partial charge in [-0.2, -0.15) is 12.6 Å². The van der Waals surface area contributed by atoms with Gasteiger partial charge in [0.25, 0.3) is 0 Å². The summed E-state index contributed by atoms with van der Waals surface area (Å²) in [5, 5.41) is 33.7. The molecule has 4 unspecified atom stereocenters. The highest BCUT2D eigenvalue weighted by atomic mass is 32.1. The Kier molecular flexibility index (Phi) is 14.4. The smallest absolute Gasteiger partial charge is 0.326 e. The number of rotatable bonds is 17. The van der Waals surface area contributed by atoms with Crippen molar-refractivity contribution in [1.29, 1.82) is 0 Å². The average Bonchev–Trinajstić information content (AvgIpc) is 2.76. The highest BCUT2D eigenvalue weighted by Gasteiger charge is 2.31. The molecule has 0 aliphatic carbocycles. The molecule has 0 heterocycles. The number of nitrogens with two attached hydrogens (primary N) is 3. The number of carbonyl (C=O) groups excluding carboxylic acids is 3. The Morgan fingerprint density at radius 2 is 1.34 bits per heavy atom. The lowest BCUT2D eigenvalue weighted by atomic mass is 10.1. The van der Waals surface area contributed by atoms with Gasteiger partial charge in [-0.25, -0.2) is 4.79 Å². The van der Waals surface area contributed by atoms with Gasteiger partial charge in [0.1, 0.15) is 18.1 Å². The van der Waals surface area contributed by atoms with Crippen molar-refractivity contribution < 1.29 is 44.1 Å². The van der Waals surface area contributed by atoms with Crippen molar-refractivity contribution >= 4 is 54.2 Å². The Labute approximate surface area is 205 Å². The van der Waals surface area contributed by atoms with Crippen molar-refractivity contribution in [3.8, 4) is 0 Å². The number of carbonyl (C=O) groups is 6. The van der Waals surface area contributed by atoms with Crippen LogP contribution in [0.4, 0.5) is 0 Å². The maximum Gasteiger partial charge on any atom is 0.326 e. The second-order valence-electron chi connectivity index (χ2n) is 7.29. The van der Waals surface area contributed by atoms with Crippen molar-refractivity contribution in [2.24, 2.45) is 22.2 Å². The van der Waals surface area contributed by atoms with Crippen LogP contribution in [0.25, 0.3) is 0 Å². The van der Waals surface area contributed by atoms with Crippen LogP contribution in [0.3, 0.4) is 0 Å². The summed E-state index contributed by atoms with van der Waals surface area (Å²) >= 11 is 3.85. The fourth-order valence-electron chi connectivity index (χ4n) is 2.59. The molecule has 0 aromatic rings. The van der Waals surface area contributed by atoms with Crippen LogP contribution in [0.5, 0.6) is 0 Å². The summed E-state index contributed by atoms with van der Waals surface area (Å²) in [7, 11) is 0. The first-order valence-corrected chi connectivity index (χ1v) is 10.9. The SMILES string of the molecule is NC(N)=NCCCC(NC(=O)C(CC(=O)O)NC(=O)C(N)CS)C(=O)NC(CCC(=O)O)C(=O)O. The molecule has 0 aliphatic heterocycles. The maximum absolute atomic E-state index is 12.7. The highest BCUT2D eigenvalue weighted by Crippen LogP contribution is 2.05. The number of carboxylic acid groups (broad SMARTS) is 3. The summed E-state index contributed by atoms with van der Waals surface area (Å²) in [6.45, 7) is 0.0510. The first-order chi connectivity index (χ1) is 16.3. The van der Waals surface area contributed by atoms with Gasteiger partial charge in [0.05, 0.1) is 12.5 Å². The summed E-state index contributed by atoms with van der Waals surface area (Å²) in [6.07, 6.45) is -1.77. The molecule has 35 heavy (non-hydrogen) atoms. The minimum absolute atomic E-state index is 0.0510. The third kappa shape index (κ3) is 13.6. The van der Waals surface area contributed by atoms with Crippen molar-refractivity contribution in [2.75, 3.05) is 12.3 Å². The van der Waals surface area contributed by atoms with Crippen LogP contribution in [0.2, 0.25) is 0 Å². The molecule has 17 heteroatoms. The Bertz CT molecular complexity index is 820. The predicted molar refractivity (Wildman–Crippen MR) is 124 cm³/mol. The molecule has 0 fully saturated rings. The van der Waals surface area contributed by atoms with E-state index in [1.54, 1.807) is 0 Å². The van der Waals surface area contributed by atoms with Crippen LogP contribution >= 0.6 is 12.6 Å². The molecular formula is C18H31N7O9S. The second-order valence-corrected chi connectivity index (χ2v) is 7.66. The van der Waals surface area contributed by atoms with Gasteiger partial charge in [-0.15, -0.1) is 0 Å². The molecule has 0 rings (SSSR count). The number of carboxylic acids is 3. The minimum atomic E-state index is -1.61. The van der Waals surface area contributed by atoms with E-state index in [9.17, 15) is 33.9 Å². The molecule has 3 amide bonds. The molecule has 0 saturated carbocycles. The normalized spacial score (nSPS) is 13.9. The number of hydrogen-bond acceptors (Lipinski definition) is 9. The molecule has 0 bridgehead atoms. The topological polar surface area (TPSA) is 290 Å². The van der Waals surface area contributed by atoms with Gasteiger partial charge in [-0.1, -0.05) is 0 Å². The van der Waals surface area contributed by atoms with Crippen molar-refractivity contribution in [3.63, 3.8) is 0 Å². The van der Waals surface area contributed by atoms with Crippen LogP contribution in [0.15, 0.2) is 4.99 Å².